The Morgan fingerprint density at radius 1 is 1.11 bits per heavy atom. The zero-order valence-corrected chi connectivity index (χ0v) is 18.4. The van der Waals surface area contributed by atoms with Gasteiger partial charge in [0.25, 0.3) is 0 Å². The van der Waals surface area contributed by atoms with E-state index in [1.165, 1.54) is 6.07 Å². The first-order chi connectivity index (χ1) is 16.6. The molecule has 1 heterocycles. The number of alkyl halides is 3. The summed E-state index contributed by atoms with van der Waals surface area (Å²) < 4.78 is 64.4. The quantitative estimate of drug-likeness (QED) is 0.395. The second kappa shape index (κ2) is 7.93. The molecule has 6 nitrogen and oxygen atoms in total. The molecule has 0 radical (unpaired) electrons. The van der Waals surface area contributed by atoms with Crippen molar-refractivity contribution in [2.45, 2.75) is 25.6 Å². The average molecular weight is 488 g/mol. The first-order valence-electron chi connectivity index (χ1n) is 10.9. The van der Waals surface area contributed by atoms with Gasteiger partial charge in [-0.25, -0.2) is 9.37 Å². The van der Waals surface area contributed by atoms with Crippen molar-refractivity contribution in [2.75, 3.05) is 6.61 Å². The average Bonchev–Trinajstić information content (AvgIpc) is 3.67. The first kappa shape index (κ1) is 23.1. The lowest BCUT2D eigenvalue weighted by Gasteiger charge is -2.17. The van der Waals surface area contributed by atoms with Gasteiger partial charge >= 0.3 is 12.1 Å². The highest BCUT2D eigenvalue weighted by molar-refractivity contribution is 6.00. The van der Waals surface area contributed by atoms with Crippen LogP contribution in [-0.4, -0.2) is 23.5 Å². The lowest BCUT2D eigenvalue weighted by molar-refractivity contribution is -0.149. The third kappa shape index (κ3) is 3.67. The van der Waals surface area contributed by atoms with Gasteiger partial charge in [-0.05, 0) is 54.8 Å². The predicted octanol–water partition coefficient (Wildman–Crippen LogP) is 4.35. The highest BCUT2D eigenvalue weighted by Gasteiger charge is 2.93. The Morgan fingerprint density at radius 2 is 1.83 bits per heavy atom. The number of nitrogens with two attached hydrogens (primary N) is 1. The number of pyridine rings is 1. The van der Waals surface area contributed by atoms with Crippen LogP contribution in [0.4, 0.5) is 17.6 Å². The molecule has 5 rings (SSSR count). The van der Waals surface area contributed by atoms with Crippen LogP contribution < -0.4 is 10.5 Å². The summed E-state index contributed by atoms with van der Waals surface area (Å²) in [6.07, 6.45) is -4.66. The van der Waals surface area contributed by atoms with E-state index in [0.29, 0.717) is 5.75 Å². The smallest absolute Gasteiger partial charge is 0.433 e. The molecular weight excluding hydrogens is 468 g/mol. The van der Waals surface area contributed by atoms with Gasteiger partial charge in [0.2, 0.25) is 5.91 Å². The summed E-state index contributed by atoms with van der Waals surface area (Å²) in [6, 6.07) is 10.9. The third-order valence-electron chi connectivity index (χ3n) is 6.80. The van der Waals surface area contributed by atoms with Crippen LogP contribution in [0.15, 0.2) is 48.5 Å². The Morgan fingerprint density at radius 3 is 2.46 bits per heavy atom. The summed E-state index contributed by atoms with van der Waals surface area (Å²) >= 11 is 0. The van der Waals surface area contributed by atoms with Crippen LogP contribution >= 0.6 is 0 Å². The van der Waals surface area contributed by atoms with Gasteiger partial charge in [-0.3, -0.25) is 9.59 Å². The molecule has 3 aromatic rings. The number of halogens is 4. The predicted molar refractivity (Wildman–Crippen MR) is 115 cm³/mol. The van der Waals surface area contributed by atoms with Crippen molar-refractivity contribution in [3.8, 4) is 5.75 Å². The number of ether oxygens (including phenoxy) is 2. The van der Waals surface area contributed by atoms with Gasteiger partial charge in [-0.2, -0.15) is 13.2 Å². The number of hydrogen-bond acceptors (Lipinski definition) is 5. The fourth-order valence-electron chi connectivity index (χ4n) is 5.14. The molecule has 0 bridgehead atoms. The van der Waals surface area contributed by atoms with E-state index in [9.17, 15) is 27.2 Å². The summed E-state index contributed by atoms with van der Waals surface area (Å²) in [5.41, 5.74) is 4.38. The fraction of sp³-hybridized carbons (Fsp3) is 0.320. The number of fused-ring (bicyclic) bond motifs is 2. The van der Waals surface area contributed by atoms with E-state index in [1.807, 2.05) is 0 Å². The van der Waals surface area contributed by atoms with E-state index < -0.39 is 40.9 Å². The molecule has 0 saturated heterocycles. The Labute approximate surface area is 197 Å². The Kier molecular flexibility index (Phi) is 5.23. The zero-order valence-electron chi connectivity index (χ0n) is 18.4. The molecule has 2 saturated carbocycles. The van der Waals surface area contributed by atoms with Crippen molar-refractivity contribution in [3.05, 3.63) is 71.2 Å². The lowest BCUT2D eigenvalue weighted by atomic mass is 9.90. The number of rotatable bonds is 7. The highest BCUT2D eigenvalue weighted by Crippen LogP contribution is 2.88. The molecular formula is C25H20F4N2O4. The molecule has 182 valence electrons. The standard InChI is InChI=1S/C25H20F4N2O4/c1-2-34-23(33)24-19(20(24)21(24)22(30)32)12-3-6-15(7-4-12)35-11-13-9-18(25(27,28)29)31-17-8-5-14(26)10-16(13)17/h3-10,19-21H,2,11H2,1H3,(H2,30,32)/t19?,20-,21-,24+/m1/s1. The van der Waals surface area contributed by atoms with Gasteiger partial charge in [-0.1, -0.05) is 12.1 Å². The topological polar surface area (TPSA) is 91.5 Å². The molecule has 2 fully saturated rings. The highest BCUT2D eigenvalue weighted by atomic mass is 19.4. The Bertz CT molecular complexity index is 1340. The van der Waals surface area contributed by atoms with Gasteiger partial charge in [0.15, 0.2) is 0 Å². The van der Waals surface area contributed by atoms with Crippen molar-refractivity contribution in [2.24, 2.45) is 23.0 Å². The molecule has 2 aromatic carbocycles. The minimum absolute atomic E-state index is 0.0106. The van der Waals surface area contributed by atoms with Crippen LogP contribution in [0.5, 0.6) is 5.75 Å². The lowest BCUT2D eigenvalue weighted by Crippen LogP contribution is -2.29. The van der Waals surface area contributed by atoms with Gasteiger partial charge in [0, 0.05) is 16.9 Å². The van der Waals surface area contributed by atoms with E-state index in [1.54, 1.807) is 31.2 Å². The number of esters is 1. The summed E-state index contributed by atoms with van der Waals surface area (Å²) in [6.45, 7) is 1.64. The molecule has 4 atom stereocenters. The minimum Gasteiger partial charge on any atom is -0.489 e. The van der Waals surface area contributed by atoms with Crippen LogP contribution in [-0.2, 0) is 27.1 Å². The maximum absolute atomic E-state index is 13.7. The number of carbonyl (C=O) groups excluding carboxylic acids is 2. The van der Waals surface area contributed by atoms with Crippen molar-refractivity contribution in [3.63, 3.8) is 0 Å². The second-order valence-corrected chi connectivity index (χ2v) is 8.72. The van der Waals surface area contributed by atoms with Gasteiger partial charge in [0.05, 0.1) is 23.5 Å². The Balaban J connectivity index is 1.34. The van der Waals surface area contributed by atoms with E-state index in [-0.39, 0.29) is 41.5 Å². The molecule has 0 spiro atoms. The maximum Gasteiger partial charge on any atom is 0.433 e. The molecule has 1 unspecified atom stereocenters. The monoisotopic (exact) mass is 488 g/mol. The molecule has 10 heteroatoms. The number of amides is 1. The normalized spacial score (nSPS) is 24.5. The van der Waals surface area contributed by atoms with Crippen LogP contribution in [0.25, 0.3) is 10.9 Å². The van der Waals surface area contributed by atoms with Crippen LogP contribution in [0.2, 0.25) is 0 Å². The van der Waals surface area contributed by atoms with E-state index >= 15 is 0 Å². The van der Waals surface area contributed by atoms with Crippen molar-refractivity contribution < 1.29 is 36.6 Å². The van der Waals surface area contributed by atoms with Crippen LogP contribution in [0.3, 0.4) is 0 Å². The zero-order chi connectivity index (χ0) is 25.1. The molecule has 2 aliphatic rings. The van der Waals surface area contributed by atoms with E-state index in [0.717, 1.165) is 23.8 Å². The number of nitrogens with zero attached hydrogens (tertiary/aromatic N) is 1. The molecule has 2 N–H and O–H groups in total. The van der Waals surface area contributed by atoms with Crippen molar-refractivity contribution in [1.82, 2.24) is 4.98 Å². The number of carbonyl (C=O) groups is 2. The van der Waals surface area contributed by atoms with Gasteiger partial charge < -0.3 is 15.2 Å². The first-order valence-corrected chi connectivity index (χ1v) is 10.9. The van der Waals surface area contributed by atoms with Crippen molar-refractivity contribution in [1.29, 1.82) is 0 Å². The molecule has 35 heavy (non-hydrogen) atoms. The second-order valence-electron chi connectivity index (χ2n) is 8.72. The molecule has 2 aliphatic carbocycles. The maximum atomic E-state index is 13.7. The summed E-state index contributed by atoms with van der Waals surface area (Å²) in [7, 11) is 0. The van der Waals surface area contributed by atoms with Crippen molar-refractivity contribution >= 4 is 22.8 Å². The molecule has 1 amide bonds. The van der Waals surface area contributed by atoms with E-state index in [2.05, 4.69) is 4.98 Å². The summed E-state index contributed by atoms with van der Waals surface area (Å²) in [5, 5.41) is 0.224. The van der Waals surface area contributed by atoms with Gasteiger partial charge in [0.1, 0.15) is 23.9 Å². The fourth-order valence-corrected chi connectivity index (χ4v) is 5.14. The number of hydrogen-bond donors (Lipinski definition) is 1. The third-order valence-corrected chi connectivity index (χ3v) is 6.80. The Hall–Kier alpha value is -3.69. The summed E-state index contributed by atoms with van der Waals surface area (Å²) in [5.74, 6) is -2.10. The molecule has 1 aromatic heterocycles. The largest absolute Gasteiger partial charge is 0.489 e. The molecule has 0 aliphatic heterocycles. The number of benzene rings is 2. The number of aromatic nitrogens is 1. The summed E-state index contributed by atoms with van der Waals surface area (Å²) in [4.78, 5) is 27.7. The minimum atomic E-state index is -4.66. The van der Waals surface area contributed by atoms with Crippen LogP contribution in [0, 0.1) is 23.1 Å². The SMILES string of the molecule is CCOC(=O)[C@@]12C(c3ccc(OCc4cc(C(F)(F)F)nc5ccc(F)cc45)cc3)[C@@H]1[C@@H]2C(N)=O. The number of primary amides is 1. The van der Waals surface area contributed by atoms with E-state index in [4.69, 9.17) is 15.2 Å². The van der Waals surface area contributed by atoms with Gasteiger partial charge in [-0.15, -0.1) is 0 Å². The van der Waals surface area contributed by atoms with Crippen LogP contribution in [0.1, 0.15) is 29.7 Å².